The molecule has 18 heavy (non-hydrogen) atoms. The molecule has 0 heterocycles. The molecular formula is C12H15F2NO3. The molecule has 0 fully saturated rings. The lowest BCUT2D eigenvalue weighted by atomic mass is 10.0. The second-order valence-electron chi connectivity index (χ2n) is 3.56. The number of benzene rings is 1. The van der Waals surface area contributed by atoms with Gasteiger partial charge in [0.05, 0.1) is 25.3 Å². The van der Waals surface area contributed by atoms with Gasteiger partial charge in [0.2, 0.25) is 0 Å². The summed E-state index contributed by atoms with van der Waals surface area (Å²) in [5.74, 6) is -0.139. The van der Waals surface area contributed by atoms with E-state index >= 15 is 0 Å². The summed E-state index contributed by atoms with van der Waals surface area (Å²) in [6, 6.07) is 2.38. The fourth-order valence-electron chi connectivity index (χ4n) is 1.58. The third-order valence-corrected chi connectivity index (χ3v) is 2.46. The van der Waals surface area contributed by atoms with Crippen LogP contribution in [0.15, 0.2) is 12.1 Å². The predicted molar refractivity (Wildman–Crippen MR) is 62.5 cm³/mol. The molecule has 6 heteroatoms. The first-order valence-corrected chi connectivity index (χ1v) is 5.32. The number of rotatable bonds is 6. The Labute approximate surface area is 104 Å². The zero-order chi connectivity index (χ0) is 13.7. The molecule has 1 rings (SSSR count). The maximum atomic E-state index is 12.8. The van der Waals surface area contributed by atoms with E-state index in [1.807, 2.05) is 0 Å². The average Bonchev–Trinajstić information content (AvgIpc) is 2.37. The molecule has 100 valence electrons. The van der Waals surface area contributed by atoms with Crippen molar-refractivity contribution in [3.05, 3.63) is 23.3 Å². The number of hydrogen-bond donors (Lipinski definition) is 1. The minimum absolute atomic E-state index is 0.00820. The van der Waals surface area contributed by atoms with Crippen LogP contribution in [-0.4, -0.2) is 26.5 Å². The second kappa shape index (κ2) is 6.30. The van der Waals surface area contributed by atoms with Crippen LogP contribution < -0.4 is 15.2 Å². The Morgan fingerprint density at radius 3 is 2.33 bits per heavy atom. The van der Waals surface area contributed by atoms with Crippen molar-refractivity contribution < 1.29 is 23.0 Å². The molecule has 0 aliphatic heterocycles. The Kier molecular flexibility index (Phi) is 5.03. The second-order valence-corrected chi connectivity index (χ2v) is 3.56. The lowest BCUT2D eigenvalue weighted by molar-refractivity contribution is 0.0981. The van der Waals surface area contributed by atoms with Crippen LogP contribution in [0.2, 0.25) is 0 Å². The maximum absolute atomic E-state index is 12.8. The smallest absolute Gasteiger partial charge is 0.267 e. The molecule has 1 aromatic carbocycles. The Morgan fingerprint density at radius 2 is 1.89 bits per heavy atom. The van der Waals surface area contributed by atoms with Crippen molar-refractivity contribution in [2.24, 2.45) is 5.73 Å². The normalized spacial score (nSPS) is 10.6. The van der Waals surface area contributed by atoms with Gasteiger partial charge in [-0.1, -0.05) is 0 Å². The number of halogens is 2. The zero-order valence-corrected chi connectivity index (χ0v) is 10.2. The lowest BCUT2D eigenvalue weighted by Crippen LogP contribution is -2.10. The molecule has 0 bridgehead atoms. The monoisotopic (exact) mass is 259 g/mol. The van der Waals surface area contributed by atoms with Crippen LogP contribution in [0.5, 0.6) is 11.5 Å². The highest BCUT2D eigenvalue weighted by Crippen LogP contribution is 2.35. The van der Waals surface area contributed by atoms with E-state index in [2.05, 4.69) is 0 Å². The number of nitrogens with two attached hydrogens (primary N) is 1. The van der Waals surface area contributed by atoms with Crippen molar-refractivity contribution in [1.29, 1.82) is 0 Å². The van der Waals surface area contributed by atoms with Crippen LogP contribution in [0.1, 0.15) is 28.8 Å². The van der Waals surface area contributed by atoms with E-state index in [-0.39, 0.29) is 41.4 Å². The van der Waals surface area contributed by atoms with Crippen molar-refractivity contribution in [3.8, 4) is 11.5 Å². The van der Waals surface area contributed by atoms with E-state index < -0.39 is 6.43 Å². The van der Waals surface area contributed by atoms with Gasteiger partial charge < -0.3 is 15.2 Å². The summed E-state index contributed by atoms with van der Waals surface area (Å²) in [5, 5.41) is 0. The summed E-state index contributed by atoms with van der Waals surface area (Å²) in [7, 11) is 2.64. The molecule has 1 aromatic rings. The third-order valence-electron chi connectivity index (χ3n) is 2.46. The number of ether oxygens (including phenoxy) is 2. The van der Waals surface area contributed by atoms with Gasteiger partial charge in [0.25, 0.3) is 6.43 Å². The van der Waals surface area contributed by atoms with Gasteiger partial charge in [-0.15, -0.1) is 0 Å². The molecule has 0 amide bonds. The highest BCUT2D eigenvalue weighted by atomic mass is 19.3. The van der Waals surface area contributed by atoms with Gasteiger partial charge in [0, 0.05) is 12.5 Å². The van der Waals surface area contributed by atoms with E-state index in [0.717, 1.165) is 6.07 Å². The van der Waals surface area contributed by atoms with E-state index in [0.29, 0.717) is 0 Å². The number of methoxy groups -OCH3 is 2. The molecule has 0 atom stereocenters. The molecule has 0 saturated heterocycles. The van der Waals surface area contributed by atoms with Gasteiger partial charge in [0.15, 0.2) is 5.78 Å². The summed E-state index contributed by atoms with van der Waals surface area (Å²) in [6.07, 6.45) is -2.65. The van der Waals surface area contributed by atoms with Crippen LogP contribution in [0.4, 0.5) is 8.78 Å². The molecule has 0 saturated carbocycles. The highest BCUT2D eigenvalue weighted by molar-refractivity contribution is 5.99. The minimum Gasteiger partial charge on any atom is -0.496 e. The fraction of sp³-hybridized carbons (Fsp3) is 0.417. The maximum Gasteiger partial charge on any atom is 0.267 e. The predicted octanol–water partition coefficient (Wildman–Crippen LogP) is 2.17. The van der Waals surface area contributed by atoms with Crippen molar-refractivity contribution in [2.45, 2.75) is 12.8 Å². The minimum atomic E-state index is -2.73. The van der Waals surface area contributed by atoms with Gasteiger partial charge in [0.1, 0.15) is 11.5 Å². The molecule has 0 unspecified atom stereocenters. The third kappa shape index (κ3) is 2.95. The summed E-state index contributed by atoms with van der Waals surface area (Å²) in [5.41, 5.74) is 5.04. The molecule has 0 aromatic heterocycles. The first-order valence-electron chi connectivity index (χ1n) is 5.32. The molecule has 2 N–H and O–H groups in total. The van der Waals surface area contributed by atoms with Crippen LogP contribution in [-0.2, 0) is 0 Å². The Balaban J connectivity index is 3.31. The Bertz CT molecular complexity index is 436. The number of hydrogen-bond acceptors (Lipinski definition) is 4. The number of carbonyl (C=O) groups is 1. The van der Waals surface area contributed by atoms with E-state index in [1.54, 1.807) is 0 Å². The lowest BCUT2D eigenvalue weighted by Gasteiger charge is -2.13. The van der Waals surface area contributed by atoms with Crippen molar-refractivity contribution in [1.82, 2.24) is 0 Å². The fourth-order valence-corrected chi connectivity index (χ4v) is 1.58. The van der Waals surface area contributed by atoms with Crippen molar-refractivity contribution in [2.75, 3.05) is 20.8 Å². The van der Waals surface area contributed by atoms with Gasteiger partial charge in [-0.3, -0.25) is 4.79 Å². The molecule has 0 aliphatic rings. The zero-order valence-electron chi connectivity index (χ0n) is 10.2. The summed E-state index contributed by atoms with van der Waals surface area (Å²) < 4.78 is 35.5. The first-order chi connectivity index (χ1) is 8.54. The number of Topliss-reactive ketones (excluding diaryl/α,β-unsaturated/α-hetero) is 1. The van der Waals surface area contributed by atoms with Gasteiger partial charge in [-0.2, -0.15) is 0 Å². The standard InChI is InChI=1S/C12H15F2NO3/c1-17-10-6-11(18-2)8(12(13)14)5-7(10)9(16)3-4-15/h5-6,12H,3-4,15H2,1-2H3. The number of carbonyl (C=O) groups excluding carboxylic acids is 1. The van der Waals surface area contributed by atoms with Crippen LogP contribution in [0.3, 0.4) is 0 Å². The Morgan fingerprint density at radius 1 is 1.28 bits per heavy atom. The number of alkyl halides is 2. The van der Waals surface area contributed by atoms with Gasteiger partial charge >= 0.3 is 0 Å². The molecule has 0 aliphatic carbocycles. The summed E-state index contributed by atoms with van der Waals surface area (Å²) in [6.45, 7) is 0.151. The van der Waals surface area contributed by atoms with Gasteiger partial charge in [-0.05, 0) is 12.6 Å². The van der Waals surface area contributed by atoms with Crippen LogP contribution in [0, 0.1) is 0 Å². The highest BCUT2D eigenvalue weighted by Gasteiger charge is 2.21. The van der Waals surface area contributed by atoms with Crippen molar-refractivity contribution >= 4 is 5.78 Å². The SMILES string of the molecule is COc1cc(OC)c(C(F)F)cc1C(=O)CCN. The van der Waals surface area contributed by atoms with E-state index in [4.69, 9.17) is 15.2 Å². The van der Waals surface area contributed by atoms with Crippen LogP contribution >= 0.6 is 0 Å². The number of ketones is 1. The van der Waals surface area contributed by atoms with Crippen molar-refractivity contribution in [3.63, 3.8) is 0 Å². The van der Waals surface area contributed by atoms with Gasteiger partial charge in [-0.25, -0.2) is 8.78 Å². The topological polar surface area (TPSA) is 61.5 Å². The molecular weight excluding hydrogens is 244 g/mol. The van der Waals surface area contributed by atoms with Crippen LogP contribution in [0.25, 0.3) is 0 Å². The molecule has 0 spiro atoms. The quantitative estimate of drug-likeness (QED) is 0.795. The van der Waals surface area contributed by atoms with E-state index in [9.17, 15) is 13.6 Å². The largest absolute Gasteiger partial charge is 0.496 e. The molecule has 0 radical (unpaired) electrons. The molecule has 4 nitrogen and oxygen atoms in total. The van der Waals surface area contributed by atoms with E-state index in [1.165, 1.54) is 20.3 Å². The first kappa shape index (κ1) is 14.4. The average molecular weight is 259 g/mol. The summed E-state index contributed by atoms with van der Waals surface area (Å²) >= 11 is 0. The Hall–Kier alpha value is -1.69. The summed E-state index contributed by atoms with van der Waals surface area (Å²) in [4.78, 5) is 11.8.